The molecule has 0 spiro atoms. The van der Waals surface area contributed by atoms with Crippen LogP contribution in [0.1, 0.15) is 30.8 Å². The largest absolute Gasteiger partial charge is 0.373 e. The van der Waals surface area contributed by atoms with Gasteiger partial charge in [0.25, 0.3) is 0 Å². The monoisotopic (exact) mass is 217 g/mol. The van der Waals surface area contributed by atoms with Crippen molar-refractivity contribution in [1.29, 1.82) is 5.26 Å². The molecule has 0 amide bonds. The van der Waals surface area contributed by atoms with Crippen molar-refractivity contribution in [2.45, 2.75) is 27.7 Å². The van der Waals surface area contributed by atoms with Crippen LogP contribution in [0.3, 0.4) is 0 Å². The van der Waals surface area contributed by atoms with Gasteiger partial charge in [0, 0.05) is 19.3 Å². The van der Waals surface area contributed by atoms with E-state index in [4.69, 9.17) is 5.26 Å². The van der Waals surface area contributed by atoms with Crippen molar-refractivity contribution < 1.29 is 0 Å². The fourth-order valence-corrected chi connectivity index (χ4v) is 1.89. The Balaban J connectivity index is 3.17. The number of aromatic nitrogens is 1. The van der Waals surface area contributed by atoms with Crippen LogP contribution in [-0.2, 0) is 0 Å². The maximum atomic E-state index is 9.16. The molecule has 1 aromatic rings. The van der Waals surface area contributed by atoms with Crippen molar-refractivity contribution in [2.75, 3.05) is 18.5 Å². The number of hydrogen-bond donors (Lipinski definition) is 0. The van der Waals surface area contributed by atoms with E-state index in [-0.39, 0.29) is 0 Å². The molecule has 0 aliphatic rings. The second-order valence-corrected chi connectivity index (χ2v) is 4.63. The van der Waals surface area contributed by atoms with E-state index in [1.54, 1.807) is 0 Å². The molecule has 0 aliphatic carbocycles. The SMILES string of the molecule is Cc1cc(N(C)CC(C)C)c(C#N)c(C)n1. The number of aryl methyl sites for hydroxylation is 2. The molecule has 0 saturated heterocycles. The lowest BCUT2D eigenvalue weighted by atomic mass is 10.1. The van der Waals surface area contributed by atoms with Crippen LogP contribution in [0.2, 0.25) is 0 Å². The highest BCUT2D eigenvalue weighted by molar-refractivity contribution is 5.61. The normalized spacial score (nSPS) is 10.3. The van der Waals surface area contributed by atoms with Gasteiger partial charge >= 0.3 is 0 Å². The van der Waals surface area contributed by atoms with Gasteiger partial charge in [-0.1, -0.05) is 13.8 Å². The molecule has 0 radical (unpaired) electrons. The lowest BCUT2D eigenvalue weighted by Crippen LogP contribution is -2.24. The fourth-order valence-electron chi connectivity index (χ4n) is 1.89. The standard InChI is InChI=1S/C13H19N3/c1-9(2)8-16(5)13-6-10(3)15-11(4)12(13)7-14/h6,9H,8H2,1-5H3. The first-order chi connectivity index (χ1) is 7.45. The molecule has 0 fully saturated rings. The summed E-state index contributed by atoms with van der Waals surface area (Å²) >= 11 is 0. The molecule has 3 heteroatoms. The Bertz CT molecular complexity index is 416. The molecular formula is C13H19N3. The zero-order chi connectivity index (χ0) is 12.3. The van der Waals surface area contributed by atoms with Crippen molar-refractivity contribution in [2.24, 2.45) is 5.92 Å². The third-order valence-electron chi connectivity index (χ3n) is 2.47. The van der Waals surface area contributed by atoms with E-state index >= 15 is 0 Å². The van der Waals surface area contributed by atoms with Gasteiger partial charge in [0.05, 0.1) is 16.9 Å². The van der Waals surface area contributed by atoms with Crippen LogP contribution >= 0.6 is 0 Å². The molecule has 3 nitrogen and oxygen atoms in total. The van der Waals surface area contributed by atoms with Crippen molar-refractivity contribution in [3.8, 4) is 6.07 Å². The third-order valence-corrected chi connectivity index (χ3v) is 2.47. The summed E-state index contributed by atoms with van der Waals surface area (Å²) in [6, 6.07) is 4.22. The van der Waals surface area contributed by atoms with Gasteiger partial charge < -0.3 is 4.90 Å². The first-order valence-corrected chi connectivity index (χ1v) is 5.55. The van der Waals surface area contributed by atoms with Gasteiger partial charge in [0.15, 0.2) is 0 Å². The summed E-state index contributed by atoms with van der Waals surface area (Å²) in [7, 11) is 2.02. The van der Waals surface area contributed by atoms with Crippen molar-refractivity contribution in [3.05, 3.63) is 23.0 Å². The molecule has 86 valence electrons. The van der Waals surface area contributed by atoms with E-state index < -0.39 is 0 Å². The molecule has 1 heterocycles. The predicted molar refractivity (Wildman–Crippen MR) is 66.5 cm³/mol. The van der Waals surface area contributed by atoms with Crippen LogP contribution in [-0.4, -0.2) is 18.6 Å². The van der Waals surface area contributed by atoms with Gasteiger partial charge in [-0.2, -0.15) is 5.26 Å². The summed E-state index contributed by atoms with van der Waals surface area (Å²) in [5, 5.41) is 9.16. The van der Waals surface area contributed by atoms with Gasteiger partial charge in [0.1, 0.15) is 6.07 Å². The van der Waals surface area contributed by atoms with E-state index in [0.717, 1.165) is 23.6 Å². The highest BCUT2D eigenvalue weighted by atomic mass is 15.1. The highest BCUT2D eigenvalue weighted by Crippen LogP contribution is 2.22. The second-order valence-electron chi connectivity index (χ2n) is 4.63. The Morgan fingerprint density at radius 3 is 2.56 bits per heavy atom. The molecule has 1 rings (SSSR count). The summed E-state index contributed by atoms with van der Waals surface area (Å²) in [5.41, 5.74) is 3.45. The molecular weight excluding hydrogens is 198 g/mol. The van der Waals surface area contributed by atoms with E-state index in [0.29, 0.717) is 11.5 Å². The van der Waals surface area contributed by atoms with Crippen LogP contribution in [0.5, 0.6) is 0 Å². The Labute approximate surface area is 97.7 Å². The average molecular weight is 217 g/mol. The number of pyridine rings is 1. The van der Waals surface area contributed by atoms with E-state index in [1.807, 2.05) is 27.0 Å². The quantitative estimate of drug-likeness (QED) is 0.781. The minimum absolute atomic E-state index is 0.574. The zero-order valence-corrected chi connectivity index (χ0v) is 10.7. The van der Waals surface area contributed by atoms with Crippen LogP contribution in [0, 0.1) is 31.1 Å². The number of nitriles is 1. The molecule has 1 aromatic heterocycles. The predicted octanol–water partition coefficient (Wildman–Crippen LogP) is 2.66. The molecule has 0 saturated carbocycles. The second kappa shape index (κ2) is 4.98. The Morgan fingerprint density at radius 1 is 1.44 bits per heavy atom. The van der Waals surface area contributed by atoms with E-state index in [2.05, 4.69) is 29.8 Å². The maximum absolute atomic E-state index is 9.16. The van der Waals surface area contributed by atoms with E-state index in [1.165, 1.54) is 0 Å². The number of nitrogens with zero attached hydrogens (tertiary/aromatic N) is 3. The number of rotatable bonds is 3. The Hall–Kier alpha value is -1.56. The summed E-state index contributed by atoms with van der Waals surface area (Å²) < 4.78 is 0. The maximum Gasteiger partial charge on any atom is 0.103 e. The summed E-state index contributed by atoms with van der Waals surface area (Å²) in [6.45, 7) is 9.13. The minimum atomic E-state index is 0.574. The molecule has 0 aromatic carbocycles. The van der Waals surface area contributed by atoms with Gasteiger partial charge in [-0.15, -0.1) is 0 Å². The van der Waals surface area contributed by atoms with Crippen molar-refractivity contribution in [3.63, 3.8) is 0 Å². The molecule has 16 heavy (non-hydrogen) atoms. The number of hydrogen-bond acceptors (Lipinski definition) is 3. The minimum Gasteiger partial charge on any atom is -0.373 e. The fraction of sp³-hybridized carbons (Fsp3) is 0.538. The lowest BCUT2D eigenvalue weighted by Gasteiger charge is -2.23. The van der Waals surface area contributed by atoms with E-state index in [9.17, 15) is 0 Å². The zero-order valence-electron chi connectivity index (χ0n) is 10.7. The summed E-state index contributed by atoms with van der Waals surface area (Å²) in [5.74, 6) is 0.574. The first-order valence-electron chi connectivity index (χ1n) is 5.55. The third kappa shape index (κ3) is 2.73. The summed E-state index contributed by atoms with van der Waals surface area (Å²) in [6.07, 6.45) is 0. The topological polar surface area (TPSA) is 39.9 Å². The number of anilines is 1. The Kier molecular flexibility index (Phi) is 3.89. The molecule has 0 N–H and O–H groups in total. The molecule has 0 atom stereocenters. The first kappa shape index (κ1) is 12.5. The molecule has 0 aliphatic heterocycles. The smallest absolute Gasteiger partial charge is 0.103 e. The Morgan fingerprint density at radius 2 is 2.06 bits per heavy atom. The van der Waals surface area contributed by atoms with Crippen LogP contribution < -0.4 is 4.90 Å². The molecule has 0 unspecified atom stereocenters. The lowest BCUT2D eigenvalue weighted by molar-refractivity contribution is 0.637. The van der Waals surface area contributed by atoms with Crippen LogP contribution in [0.25, 0.3) is 0 Å². The van der Waals surface area contributed by atoms with Crippen LogP contribution in [0.15, 0.2) is 6.07 Å². The van der Waals surface area contributed by atoms with Crippen molar-refractivity contribution in [1.82, 2.24) is 4.98 Å². The van der Waals surface area contributed by atoms with Gasteiger partial charge in [-0.05, 0) is 25.8 Å². The molecule has 0 bridgehead atoms. The van der Waals surface area contributed by atoms with Crippen LogP contribution in [0.4, 0.5) is 5.69 Å². The average Bonchev–Trinajstić information content (AvgIpc) is 2.15. The van der Waals surface area contributed by atoms with Gasteiger partial charge in [-0.3, -0.25) is 4.98 Å². The van der Waals surface area contributed by atoms with Gasteiger partial charge in [0.2, 0.25) is 0 Å². The van der Waals surface area contributed by atoms with Crippen molar-refractivity contribution >= 4 is 5.69 Å². The summed E-state index contributed by atoms with van der Waals surface area (Å²) in [4.78, 5) is 6.45. The van der Waals surface area contributed by atoms with Gasteiger partial charge in [-0.25, -0.2) is 0 Å². The highest BCUT2D eigenvalue weighted by Gasteiger charge is 2.12.